The zero-order valence-corrected chi connectivity index (χ0v) is 15.5. The molecule has 0 saturated carbocycles. The molecular weight excluding hydrogens is 314 g/mol. The Kier molecular flexibility index (Phi) is 7.44. The van der Waals surface area contributed by atoms with Gasteiger partial charge >= 0.3 is 0 Å². The monoisotopic (exact) mass is 345 g/mol. The number of hydrogen-bond donors (Lipinski definition) is 1. The fraction of sp³-hybridized carbons (Fsp3) is 0.600. The van der Waals surface area contributed by atoms with Crippen LogP contribution in [-0.2, 0) is 16.0 Å². The van der Waals surface area contributed by atoms with Crippen molar-refractivity contribution in [2.24, 2.45) is 11.7 Å². The molecule has 1 fully saturated rings. The minimum atomic E-state index is -0.430. The van der Waals surface area contributed by atoms with E-state index in [4.69, 9.17) is 5.73 Å². The van der Waals surface area contributed by atoms with Gasteiger partial charge in [-0.2, -0.15) is 0 Å². The number of nitrogens with zero attached hydrogens (tertiary/aromatic N) is 2. The molecule has 1 aromatic carbocycles. The number of carbonyl (C=O) groups is 2. The highest BCUT2D eigenvalue weighted by Crippen LogP contribution is 2.11. The summed E-state index contributed by atoms with van der Waals surface area (Å²) in [6, 6.07) is 9.64. The van der Waals surface area contributed by atoms with Crippen molar-refractivity contribution >= 4 is 11.8 Å². The number of benzene rings is 1. The Morgan fingerprint density at radius 2 is 1.68 bits per heavy atom. The SMILES string of the molecule is CC(C)C[C@H](N)C(=O)N1CCCN(C(=O)CCc2ccccc2)CC1. The molecule has 5 nitrogen and oxygen atoms in total. The van der Waals surface area contributed by atoms with Crippen molar-refractivity contribution in [3.63, 3.8) is 0 Å². The van der Waals surface area contributed by atoms with Crippen LogP contribution in [0.3, 0.4) is 0 Å². The molecule has 0 aliphatic carbocycles. The molecule has 0 radical (unpaired) electrons. The fourth-order valence-electron chi connectivity index (χ4n) is 3.28. The summed E-state index contributed by atoms with van der Waals surface area (Å²) in [5.74, 6) is 0.596. The zero-order valence-electron chi connectivity index (χ0n) is 15.5. The van der Waals surface area contributed by atoms with Gasteiger partial charge in [0.15, 0.2) is 0 Å². The minimum absolute atomic E-state index is 0.0206. The summed E-state index contributed by atoms with van der Waals surface area (Å²) >= 11 is 0. The van der Waals surface area contributed by atoms with Crippen LogP contribution in [0.5, 0.6) is 0 Å². The van der Waals surface area contributed by atoms with E-state index in [-0.39, 0.29) is 11.8 Å². The Hall–Kier alpha value is -1.88. The van der Waals surface area contributed by atoms with Gasteiger partial charge in [-0.05, 0) is 30.7 Å². The van der Waals surface area contributed by atoms with E-state index >= 15 is 0 Å². The normalized spacial score (nSPS) is 16.6. The molecule has 0 unspecified atom stereocenters. The number of carbonyl (C=O) groups excluding carboxylic acids is 2. The van der Waals surface area contributed by atoms with Gasteiger partial charge in [-0.25, -0.2) is 0 Å². The highest BCUT2D eigenvalue weighted by molar-refractivity contribution is 5.82. The average molecular weight is 345 g/mol. The van der Waals surface area contributed by atoms with Gasteiger partial charge in [0.05, 0.1) is 6.04 Å². The summed E-state index contributed by atoms with van der Waals surface area (Å²) < 4.78 is 0. The fourth-order valence-corrected chi connectivity index (χ4v) is 3.28. The maximum atomic E-state index is 12.5. The molecule has 1 atom stereocenters. The maximum Gasteiger partial charge on any atom is 0.239 e. The van der Waals surface area contributed by atoms with Crippen LogP contribution in [0, 0.1) is 5.92 Å². The Bertz CT molecular complexity index is 559. The van der Waals surface area contributed by atoms with Crippen molar-refractivity contribution in [3.8, 4) is 0 Å². The summed E-state index contributed by atoms with van der Waals surface area (Å²) in [5.41, 5.74) is 7.22. The van der Waals surface area contributed by atoms with E-state index in [0.717, 1.165) is 19.4 Å². The number of aryl methyl sites for hydroxylation is 1. The Labute approximate surface area is 151 Å². The number of hydrogen-bond acceptors (Lipinski definition) is 3. The van der Waals surface area contributed by atoms with Gasteiger partial charge in [0, 0.05) is 32.6 Å². The lowest BCUT2D eigenvalue weighted by atomic mass is 10.0. The summed E-state index contributed by atoms with van der Waals surface area (Å²) in [6.07, 6.45) is 2.80. The number of amides is 2. The first-order valence-corrected chi connectivity index (χ1v) is 9.33. The molecule has 25 heavy (non-hydrogen) atoms. The van der Waals surface area contributed by atoms with Gasteiger partial charge in [-0.15, -0.1) is 0 Å². The van der Waals surface area contributed by atoms with E-state index in [2.05, 4.69) is 13.8 Å². The van der Waals surface area contributed by atoms with Crippen molar-refractivity contribution in [1.82, 2.24) is 9.80 Å². The summed E-state index contributed by atoms with van der Waals surface area (Å²) in [6.45, 7) is 6.74. The van der Waals surface area contributed by atoms with Crippen LogP contribution >= 0.6 is 0 Å². The van der Waals surface area contributed by atoms with Crippen LogP contribution in [0.4, 0.5) is 0 Å². The third-order valence-electron chi connectivity index (χ3n) is 4.67. The average Bonchev–Trinajstić information content (AvgIpc) is 2.85. The molecule has 1 aromatic rings. The predicted molar refractivity (Wildman–Crippen MR) is 100.0 cm³/mol. The van der Waals surface area contributed by atoms with Crippen LogP contribution in [0.25, 0.3) is 0 Å². The van der Waals surface area contributed by atoms with E-state index < -0.39 is 6.04 Å². The lowest BCUT2D eigenvalue weighted by molar-refractivity contribution is -0.134. The van der Waals surface area contributed by atoms with Gasteiger partial charge in [0.25, 0.3) is 0 Å². The molecule has 0 bridgehead atoms. The highest BCUT2D eigenvalue weighted by atomic mass is 16.2. The van der Waals surface area contributed by atoms with Crippen molar-refractivity contribution in [3.05, 3.63) is 35.9 Å². The first-order chi connectivity index (χ1) is 12.0. The molecule has 1 heterocycles. The first-order valence-electron chi connectivity index (χ1n) is 9.33. The van der Waals surface area contributed by atoms with E-state index in [1.54, 1.807) is 0 Å². The van der Waals surface area contributed by atoms with E-state index in [1.807, 2.05) is 40.1 Å². The van der Waals surface area contributed by atoms with Crippen molar-refractivity contribution in [2.45, 2.75) is 45.6 Å². The van der Waals surface area contributed by atoms with E-state index in [1.165, 1.54) is 5.56 Å². The van der Waals surface area contributed by atoms with Gasteiger partial charge < -0.3 is 15.5 Å². The largest absolute Gasteiger partial charge is 0.341 e. The van der Waals surface area contributed by atoms with Crippen molar-refractivity contribution in [1.29, 1.82) is 0 Å². The lowest BCUT2D eigenvalue weighted by Gasteiger charge is -2.25. The molecule has 1 aliphatic heterocycles. The molecule has 1 saturated heterocycles. The Morgan fingerprint density at radius 1 is 1.04 bits per heavy atom. The lowest BCUT2D eigenvalue weighted by Crippen LogP contribution is -2.46. The van der Waals surface area contributed by atoms with Gasteiger partial charge in [-0.3, -0.25) is 9.59 Å². The predicted octanol–water partition coefficient (Wildman–Crippen LogP) is 2.05. The molecule has 2 N–H and O–H groups in total. The minimum Gasteiger partial charge on any atom is -0.341 e. The van der Waals surface area contributed by atoms with Gasteiger partial charge in [0.1, 0.15) is 0 Å². The molecule has 2 rings (SSSR count). The topological polar surface area (TPSA) is 66.6 Å². The van der Waals surface area contributed by atoms with Crippen LogP contribution in [0.15, 0.2) is 30.3 Å². The second-order valence-electron chi connectivity index (χ2n) is 7.28. The smallest absolute Gasteiger partial charge is 0.239 e. The molecule has 138 valence electrons. The summed E-state index contributed by atoms with van der Waals surface area (Å²) in [5, 5.41) is 0. The van der Waals surface area contributed by atoms with Crippen molar-refractivity contribution < 1.29 is 9.59 Å². The molecule has 1 aliphatic rings. The van der Waals surface area contributed by atoms with Gasteiger partial charge in [-0.1, -0.05) is 44.2 Å². The van der Waals surface area contributed by atoms with Crippen LogP contribution in [0.1, 0.15) is 38.7 Å². The Balaban J connectivity index is 1.82. The standard InChI is InChI=1S/C20H31N3O2/c1-16(2)15-18(21)20(25)23-12-6-11-22(13-14-23)19(24)10-9-17-7-4-3-5-8-17/h3-5,7-8,16,18H,6,9-15,21H2,1-2H3/t18-/m0/s1. The Morgan fingerprint density at radius 3 is 2.36 bits per heavy atom. The quantitative estimate of drug-likeness (QED) is 0.858. The van der Waals surface area contributed by atoms with E-state index in [9.17, 15) is 9.59 Å². The molecule has 0 spiro atoms. The van der Waals surface area contributed by atoms with Crippen molar-refractivity contribution in [2.75, 3.05) is 26.2 Å². The second kappa shape index (κ2) is 9.56. The summed E-state index contributed by atoms with van der Waals surface area (Å²) in [4.78, 5) is 28.7. The number of nitrogens with two attached hydrogens (primary N) is 1. The third-order valence-corrected chi connectivity index (χ3v) is 4.67. The summed E-state index contributed by atoms with van der Waals surface area (Å²) in [7, 11) is 0. The maximum absolute atomic E-state index is 12.5. The molecule has 0 aromatic heterocycles. The van der Waals surface area contributed by atoms with Crippen LogP contribution in [0.2, 0.25) is 0 Å². The highest BCUT2D eigenvalue weighted by Gasteiger charge is 2.25. The zero-order chi connectivity index (χ0) is 18.2. The van der Waals surface area contributed by atoms with Gasteiger partial charge in [0.2, 0.25) is 11.8 Å². The van der Waals surface area contributed by atoms with Crippen LogP contribution in [-0.4, -0.2) is 53.8 Å². The van der Waals surface area contributed by atoms with E-state index in [0.29, 0.717) is 38.4 Å². The van der Waals surface area contributed by atoms with Crippen LogP contribution < -0.4 is 5.73 Å². The molecule has 5 heteroatoms. The number of rotatable bonds is 6. The molecular formula is C20H31N3O2. The second-order valence-corrected chi connectivity index (χ2v) is 7.28. The third kappa shape index (κ3) is 6.16. The molecule has 2 amide bonds. The first kappa shape index (κ1) is 19.4.